The van der Waals surface area contributed by atoms with Crippen LogP contribution in [-0.4, -0.2) is 77.2 Å². The van der Waals surface area contributed by atoms with Crippen LogP contribution in [0.4, 0.5) is 5.82 Å². The fraction of sp³-hybridized carbons (Fsp3) is 0.579. The first-order valence-electron chi connectivity index (χ1n) is 9.79. The fourth-order valence-corrected chi connectivity index (χ4v) is 6.97. The number of rotatable bonds is 7. The van der Waals surface area contributed by atoms with Crippen molar-refractivity contribution in [3.8, 4) is 0 Å². The summed E-state index contributed by atoms with van der Waals surface area (Å²) in [6.07, 6.45) is 3.50. The molecule has 158 valence electrons. The van der Waals surface area contributed by atoms with E-state index < -0.39 is 22.7 Å². The highest BCUT2D eigenvalue weighted by Gasteiger charge is 2.36. The summed E-state index contributed by atoms with van der Waals surface area (Å²) in [7, 11) is -3.88. The lowest BCUT2D eigenvalue weighted by Crippen LogP contribution is -2.44. The van der Waals surface area contributed by atoms with Crippen LogP contribution in [0.15, 0.2) is 34.4 Å². The molecule has 0 bridgehead atoms. The fourth-order valence-electron chi connectivity index (χ4n) is 4.15. The third-order valence-electron chi connectivity index (χ3n) is 5.74. The van der Waals surface area contributed by atoms with Crippen LogP contribution < -0.4 is 4.90 Å². The zero-order chi connectivity index (χ0) is 20.6. The van der Waals surface area contributed by atoms with Gasteiger partial charge in [0, 0.05) is 35.9 Å². The van der Waals surface area contributed by atoms with Gasteiger partial charge >= 0.3 is 0 Å². The molecule has 2 aliphatic heterocycles. The Morgan fingerprint density at radius 3 is 2.66 bits per heavy atom. The maximum absolute atomic E-state index is 13.2. The SMILES string of the molecule is O=C1C2=C(CSC2)CN1c1ccc(S(=O)(=O)N(CC(O)CO)C2CCCC2)cn1. The number of thioether (sulfide) groups is 1. The van der Waals surface area contributed by atoms with Crippen LogP contribution in [0, 0.1) is 0 Å². The molecule has 0 spiro atoms. The Balaban J connectivity index is 1.55. The molecular formula is C19H25N3O5S2. The summed E-state index contributed by atoms with van der Waals surface area (Å²) in [6, 6.07) is 2.84. The molecule has 1 aromatic rings. The molecule has 3 heterocycles. The van der Waals surface area contributed by atoms with E-state index in [2.05, 4.69) is 4.98 Å². The normalized spacial score (nSPS) is 21.5. The van der Waals surface area contributed by atoms with E-state index in [-0.39, 0.29) is 23.4 Å². The van der Waals surface area contributed by atoms with E-state index in [9.17, 15) is 23.4 Å². The molecule has 1 aromatic heterocycles. The lowest BCUT2D eigenvalue weighted by molar-refractivity contribution is -0.114. The Hall–Kier alpha value is -1.46. The van der Waals surface area contributed by atoms with Crippen LogP contribution >= 0.6 is 11.8 Å². The molecule has 0 aromatic carbocycles. The van der Waals surface area contributed by atoms with E-state index in [0.29, 0.717) is 12.4 Å². The van der Waals surface area contributed by atoms with Crippen molar-refractivity contribution in [2.75, 3.05) is 36.1 Å². The molecule has 1 saturated carbocycles. The molecule has 3 aliphatic rings. The molecule has 10 heteroatoms. The summed E-state index contributed by atoms with van der Waals surface area (Å²) < 4.78 is 27.8. The van der Waals surface area contributed by atoms with Crippen molar-refractivity contribution in [1.82, 2.24) is 9.29 Å². The summed E-state index contributed by atoms with van der Waals surface area (Å²) in [4.78, 5) is 18.4. The maximum Gasteiger partial charge on any atom is 0.256 e. The second kappa shape index (κ2) is 8.35. The Labute approximate surface area is 174 Å². The van der Waals surface area contributed by atoms with Gasteiger partial charge in [-0.15, -0.1) is 0 Å². The standard InChI is InChI=1S/C19H25N3O5S2/c23-10-15(24)9-22(14-3-1-2-4-14)29(26,27)16-5-6-18(20-7-16)21-8-13-11-28-12-17(13)19(21)25/h5-7,14-15,23-24H,1-4,8-12H2. The predicted molar refractivity (Wildman–Crippen MR) is 110 cm³/mol. The molecular weight excluding hydrogens is 414 g/mol. The second-order valence-corrected chi connectivity index (χ2v) is 10.5. The van der Waals surface area contributed by atoms with Crippen molar-refractivity contribution in [2.24, 2.45) is 0 Å². The quantitative estimate of drug-likeness (QED) is 0.645. The second-order valence-electron chi connectivity index (χ2n) is 7.67. The minimum atomic E-state index is -3.88. The molecule has 1 fully saturated rings. The van der Waals surface area contributed by atoms with Crippen LogP contribution in [0.2, 0.25) is 0 Å². The molecule has 0 radical (unpaired) electrons. The van der Waals surface area contributed by atoms with Crippen LogP contribution in [0.5, 0.6) is 0 Å². The number of aromatic nitrogens is 1. The third kappa shape index (κ3) is 3.96. The van der Waals surface area contributed by atoms with Gasteiger partial charge in [-0.25, -0.2) is 13.4 Å². The first kappa shape index (κ1) is 20.8. The number of anilines is 1. The number of amides is 1. The van der Waals surface area contributed by atoms with E-state index >= 15 is 0 Å². The van der Waals surface area contributed by atoms with Crippen molar-refractivity contribution in [3.63, 3.8) is 0 Å². The highest BCUT2D eigenvalue weighted by atomic mass is 32.2. The number of sulfonamides is 1. The Morgan fingerprint density at radius 1 is 1.28 bits per heavy atom. The lowest BCUT2D eigenvalue weighted by atomic mass is 10.2. The number of hydrogen-bond acceptors (Lipinski definition) is 7. The van der Waals surface area contributed by atoms with Crippen LogP contribution in [0.25, 0.3) is 0 Å². The average molecular weight is 440 g/mol. The minimum absolute atomic E-state index is 0.0287. The van der Waals surface area contributed by atoms with Gasteiger partial charge in [0.25, 0.3) is 5.91 Å². The van der Waals surface area contributed by atoms with E-state index in [4.69, 9.17) is 0 Å². The Kier molecular flexibility index (Phi) is 5.99. The largest absolute Gasteiger partial charge is 0.394 e. The molecule has 1 unspecified atom stereocenters. The third-order valence-corrected chi connectivity index (χ3v) is 8.69. The smallest absolute Gasteiger partial charge is 0.256 e. The number of aliphatic hydroxyl groups excluding tert-OH is 2. The molecule has 0 saturated heterocycles. The van der Waals surface area contributed by atoms with Gasteiger partial charge in [0.15, 0.2) is 0 Å². The van der Waals surface area contributed by atoms with E-state index in [0.717, 1.165) is 48.3 Å². The van der Waals surface area contributed by atoms with Crippen molar-refractivity contribution in [1.29, 1.82) is 0 Å². The number of nitrogens with zero attached hydrogens (tertiary/aromatic N) is 3. The lowest BCUT2D eigenvalue weighted by Gasteiger charge is -2.29. The van der Waals surface area contributed by atoms with Gasteiger partial charge in [-0.05, 0) is 30.5 Å². The molecule has 2 N–H and O–H groups in total. The molecule has 1 amide bonds. The number of carbonyl (C=O) groups is 1. The Bertz CT molecular complexity index is 910. The highest BCUT2D eigenvalue weighted by molar-refractivity contribution is 8.00. The summed E-state index contributed by atoms with van der Waals surface area (Å²) in [5.74, 6) is 1.97. The van der Waals surface area contributed by atoms with Gasteiger partial charge in [-0.2, -0.15) is 16.1 Å². The number of carbonyl (C=O) groups excluding carboxylic acids is 1. The van der Waals surface area contributed by atoms with Crippen LogP contribution in [0.1, 0.15) is 25.7 Å². The Morgan fingerprint density at radius 2 is 2.03 bits per heavy atom. The zero-order valence-electron chi connectivity index (χ0n) is 16.0. The first-order valence-corrected chi connectivity index (χ1v) is 12.4. The van der Waals surface area contributed by atoms with Gasteiger partial charge in [0.05, 0.1) is 19.3 Å². The number of aliphatic hydroxyl groups is 2. The van der Waals surface area contributed by atoms with Crippen LogP contribution in [0.3, 0.4) is 0 Å². The molecule has 8 nitrogen and oxygen atoms in total. The summed E-state index contributed by atoms with van der Waals surface area (Å²) >= 11 is 1.73. The maximum atomic E-state index is 13.2. The summed E-state index contributed by atoms with van der Waals surface area (Å²) in [5.41, 5.74) is 1.97. The number of hydrogen-bond donors (Lipinski definition) is 2. The van der Waals surface area contributed by atoms with Crippen molar-refractivity contribution < 1.29 is 23.4 Å². The molecule has 1 aliphatic carbocycles. The van der Waals surface area contributed by atoms with Crippen molar-refractivity contribution in [3.05, 3.63) is 29.5 Å². The van der Waals surface area contributed by atoms with E-state index in [1.807, 2.05) is 0 Å². The summed E-state index contributed by atoms with van der Waals surface area (Å²) in [5, 5.41) is 19.1. The molecule has 1 atom stereocenters. The van der Waals surface area contributed by atoms with E-state index in [1.54, 1.807) is 22.7 Å². The van der Waals surface area contributed by atoms with Gasteiger partial charge in [0.1, 0.15) is 10.7 Å². The first-order chi connectivity index (χ1) is 13.9. The topological polar surface area (TPSA) is 111 Å². The van der Waals surface area contributed by atoms with Crippen LogP contribution in [-0.2, 0) is 14.8 Å². The molecule has 29 heavy (non-hydrogen) atoms. The van der Waals surface area contributed by atoms with Gasteiger partial charge in [-0.3, -0.25) is 9.69 Å². The minimum Gasteiger partial charge on any atom is -0.394 e. The molecule has 4 rings (SSSR count). The average Bonchev–Trinajstić information content (AvgIpc) is 3.45. The number of pyridine rings is 1. The highest BCUT2D eigenvalue weighted by Crippen LogP contribution is 2.34. The monoisotopic (exact) mass is 439 g/mol. The predicted octanol–water partition coefficient (Wildman–Crippen LogP) is 0.758. The summed E-state index contributed by atoms with van der Waals surface area (Å²) in [6.45, 7) is -0.135. The van der Waals surface area contributed by atoms with Gasteiger partial charge < -0.3 is 10.2 Å². The van der Waals surface area contributed by atoms with Crippen molar-refractivity contribution in [2.45, 2.75) is 42.7 Å². The zero-order valence-corrected chi connectivity index (χ0v) is 17.7. The van der Waals surface area contributed by atoms with Gasteiger partial charge in [-0.1, -0.05) is 12.8 Å². The van der Waals surface area contributed by atoms with Crippen molar-refractivity contribution >= 4 is 33.5 Å². The van der Waals surface area contributed by atoms with E-state index in [1.165, 1.54) is 16.6 Å². The van der Waals surface area contributed by atoms with Gasteiger partial charge in [0.2, 0.25) is 10.0 Å².